The van der Waals surface area contributed by atoms with E-state index in [4.69, 9.17) is 5.41 Å². The quantitative estimate of drug-likeness (QED) is 0.688. The molecule has 0 unspecified atom stereocenters. The molecule has 1 aliphatic carbocycles. The normalized spacial score (nSPS) is 19.1. The van der Waals surface area contributed by atoms with Crippen LogP contribution in [-0.2, 0) is 4.79 Å². The maximum absolute atomic E-state index is 11.4. The molecule has 1 aliphatic rings. The van der Waals surface area contributed by atoms with Gasteiger partial charge in [-0.2, -0.15) is 0 Å². The van der Waals surface area contributed by atoms with Gasteiger partial charge in [0.25, 0.3) is 0 Å². The molecule has 0 heterocycles. The summed E-state index contributed by atoms with van der Waals surface area (Å²) in [6.07, 6.45) is 7.52. The van der Waals surface area contributed by atoms with Gasteiger partial charge in [-0.15, -0.1) is 0 Å². The zero-order valence-electron chi connectivity index (χ0n) is 7.92. The monoisotopic (exact) mass is 175 g/mol. The summed E-state index contributed by atoms with van der Waals surface area (Å²) in [5.41, 5.74) is 1.83. The topological polar surface area (TPSA) is 40.9 Å². The second-order valence-corrected chi connectivity index (χ2v) is 2.83. The lowest BCUT2D eigenvalue weighted by Crippen LogP contribution is -2.11. The largest absolute Gasteiger partial charge is 0.300 e. The molecule has 0 aromatic heterocycles. The molecule has 0 aromatic carbocycles. The van der Waals surface area contributed by atoms with E-state index < -0.39 is 0 Å². The predicted octanol–water partition coefficient (Wildman–Crippen LogP) is 2.43. The van der Waals surface area contributed by atoms with E-state index >= 15 is 0 Å². The van der Waals surface area contributed by atoms with Gasteiger partial charge in [-0.3, -0.25) is 4.79 Å². The van der Waals surface area contributed by atoms with Gasteiger partial charge >= 0.3 is 0 Å². The van der Waals surface area contributed by atoms with E-state index in [0.29, 0.717) is 17.7 Å². The number of Topliss-reactive ketones (excluding diaryl/α,β-unsaturated/α-hetero) is 1. The molecule has 1 N–H and O–H groups in total. The molecule has 0 aliphatic heterocycles. The zero-order chi connectivity index (χ0) is 9.84. The number of hydrogen-bond donors (Lipinski definition) is 1. The van der Waals surface area contributed by atoms with Crippen molar-refractivity contribution < 1.29 is 4.79 Å². The number of allylic oxidation sites excluding steroid dienone is 6. The van der Waals surface area contributed by atoms with Crippen molar-refractivity contribution in [2.24, 2.45) is 0 Å². The van der Waals surface area contributed by atoms with E-state index in [-0.39, 0.29) is 5.78 Å². The fourth-order valence-corrected chi connectivity index (χ4v) is 1.31. The van der Waals surface area contributed by atoms with Gasteiger partial charge in [0, 0.05) is 17.6 Å². The van der Waals surface area contributed by atoms with Crippen LogP contribution in [0.3, 0.4) is 0 Å². The average Bonchev–Trinajstić information content (AvgIpc) is 2.16. The standard InChI is InChI=1S/C11H13NO/c1-3-8-9(11(13)4-2)6-5-7-10(8)12/h3,5-7,12H,4H2,1-2H3/b8-3-,12-10?. The lowest BCUT2D eigenvalue weighted by atomic mass is 9.92. The molecule has 0 aromatic rings. The summed E-state index contributed by atoms with van der Waals surface area (Å²) >= 11 is 0. The van der Waals surface area contributed by atoms with Crippen molar-refractivity contribution in [2.45, 2.75) is 20.3 Å². The van der Waals surface area contributed by atoms with Gasteiger partial charge in [-0.1, -0.05) is 25.2 Å². The van der Waals surface area contributed by atoms with Crippen molar-refractivity contribution in [1.82, 2.24) is 0 Å². The maximum atomic E-state index is 11.4. The Morgan fingerprint density at radius 2 is 2.31 bits per heavy atom. The molecule has 0 fully saturated rings. The van der Waals surface area contributed by atoms with Gasteiger partial charge in [0.1, 0.15) is 0 Å². The minimum Gasteiger partial charge on any atom is -0.300 e. The van der Waals surface area contributed by atoms with E-state index in [1.165, 1.54) is 0 Å². The van der Waals surface area contributed by atoms with Crippen LogP contribution in [0.1, 0.15) is 20.3 Å². The molecular weight excluding hydrogens is 162 g/mol. The molecule has 2 heteroatoms. The summed E-state index contributed by atoms with van der Waals surface area (Å²) in [4.78, 5) is 11.4. The van der Waals surface area contributed by atoms with Crippen molar-refractivity contribution in [3.8, 4) is 0 Å². The Morgan fingerprint density at radius 3 is 2.85 bits per heavy atom. The molecule has 2 nitrogen and oxygen atoms in total. The molecule has 0 saturated heterocycles. The number of carbonyl (C=O) groups excluding carboxylic acids is 1. The van der Waals surface area contributed by atoms with Crippen molar-refractivity contribution in [3.63, 3.8) is 0 Å². The first-order chi connectivity index (χ1) is 6.20. The highest BCUT2D eigenvalue weighted by molar-refractivity contribution is 6.19. The fraction of sp³-hybridized carbons (Fsp3) is 0.273. The van der Waals surface area contributed by atoms with Crippen LogP contribution in [0.15, 0.2) is 35.5 Å². The second kappa shape index (κ2) is 3.99. The molecule has 0 amide bonds. The molecule has 13 heavy (non-hydrogen) atoms. The molecule has 0 saturated carbocycles. The number of hydrogen-bond acceptors (Lipinski definition) is 2. The van der Waals surface area contributed by atoms with Crippen LogP contribution < -0.4 is 0 Å². The molecule has 0 radical (unpaired) electrons. The minimum atomic E-state index is 0.0993. The Labute approximate surface area is 78.2 Å². The van der Waals surface area contributed by atoms with Gasteiger partial charge in [-0.05, 0) is 13.0 Å². The Balaban J connectivity index is 3.08. The van der Waals surface area contributed by atoms with E-state index in [0.717, 1.165) is 5.57 Å². The highest BCUT2D eigenvalue weighted by atomic mass is 16.1. The fourth-order valence-electron chi connectivity index (χ4n) is 1.31. The van der Waals surface area contributed by atoms with Crippen molar-refractivity contribution in [3.05, 3.63) is 35.5 Å². The molecule has 0 spiro atoms. The third kappa shape index (κ3) is 1.83. The van der Waals surface area contributed by atoms with Gasteiger partial charge in [0.15, 0.2) is 5.78 Å². The summed E-state index contributed by atoms with van der Waals surface area (Å²) < 4.78 is 0. The van der Waals surface area contributed by atoms with E-state index in [2.05, 4.69) is 0 Å². The summed E-state index contributed by atoms with van der Waals surface area (Å²) in [7, 11) is 0. The van der Waals surface area contributed by atoms with Crippen molar-refractivity contribution in [2.75, 3.05) is 0 Å². The predicted molar refractivity (Wildman–Crippen MR) is 54.0 cm³/mol. The molecule has 68 valence electrons. The van der Waals surface area contributed by atoms with Crippen LogP contribution in [0.2, 0.25) is 0 Å². The molecular formula is C11H13NO. The lowest BCUT2D eigenvalue weighted by molar-refractivity contribution is -0.115. The Hall–Kier alpha value is -1.44. The Morgan fingerprint density at radius 1 is 1.62 bits per heavy atom. The zero-order valence-corrected chi connectivity index (χ0v) is 7.92. The third-order valence-electron chi connectivity index (χ3n) is 2.02. The summed E-state index contributed by atoms with van der Waals surface area (Å²) in [5, 5.41) is 7.60. The molecule has 0 bridgehead atoms. The number of carbonyl (C=O) groups is 1. The van der Waals surface area contributed by atoms with Crippen molar-refractivity contribution in [1.29, 1.82) is 5.41 Å². The lowest BCUT2D eigenvalue weighted by Gasteiger charge is -2.11. The van der Waals surface area contributed by atoms with Crippen molar-refractivity contribution >= 4 is 11.5 Å². The van der Waals surface area contributed by atoms with E-state index in [1.807, 2.05) is 19.9 Å². The first kappa shape index (κ1) is 9.65. The van der Waals surface area contributed by atoms with Crippen LogP contribution in [-0.4, -0.2) is 11.5 Å². The van der Waals surface area contributed by atoms with Gasteiger partial charge in [0.2, 0.25) is 0 Å². The van der Waals surface area contributed by atoms with E-state index in [1.54, 1.807) is 18.2 Å². The highest BCUT2D eigenvalue weighted by Gasteiger charge is 2.16. The number of nitrogens with one attached hydrogen (secondary N) is 1. The van der Waals surface area contributed by atoms with Crippen LogP contribution in [0.25, 0.3) is 0 Å². The number of rotatable bonds is 2. The second-order valence-electron chi connectivity index (χ2n) is 2.83. The highest BCUT2D eigenvalue weighted by Crippen LogP contribution is 2.18. The van der Waals surface area contributed by atoms with Gasteiger partial charge in [0.05, 0.1) is 5.71 Å². The van der Waals surface area contributed by atoms with Crippen LogP contribution in [0.5, 0.6) is 0 Å². The smallest absolute Gasteiger partial charge is 0.163 e. The molecule has 0 atom stereocenters. The summed E-state index contributed by atoms with van der Waals surface area (Å²) in [6.45, 7) is 3.68. The Bertz CT molecular complexity index is 332. The number of ketones is 1. The SMILES string of the molecule is C/C=C1\C(=N)C=CC=C1C(=O)CC. The van der Waals surface area contributed by atoms with Gasteiger partial charge in [-0.25, -0.2) is 0 Å². The van der Waals surface area contributed by atoms with E-state index in [9.17, 15) is 4.79 Å². The average molecular weight is 175 g/mol. The van der Waals surface area contributed by atoms with Gasteiger partial charge < -0.3 is 5.41 Å². The van der Waals surface area contributed by atoms with Crippen LogP contribution >= 0.6 is 0 Å². The first-order valence-corrected chi connectivity index (χ1v) is 4.37. The summed E-state index contributed by atoms with van der Waals surface area (Å²) in [6, 6.07) is 0. The third-order valence-corrected chi connectivity index (χ3v) is 2.02. The summed E-state index contributed by atoms with van der Waals surface area (Å²) in [5.74, 6) is 0.0993. The van der Waals surface area contributed by atoms with Crippen LogP contribution in [0.4, 0.5) is 0 Å². The molecule has 1 rings (SSSR count). The minimum absolute atomic E-state index is 0.0993. The Kier molecular flexibility index (Phi) is 2.96. The maximum Gasteiger partial charge on any atom is 0.163 e. The first-order valence-electron chi connectivity index (χ1n) is 4.37. The van der Waals surface area contributed by atoms with Crippen LogP contribution in [0, 0.1) is 5.41 Å².